The minimum atomic E-state index is -1.42. The van der Waals surface area contributed by atoms with Gasteiger partial charge >= 0.3 is 0 Å². The summed E-state index contributed by atoms with van der Waals surface area (Å²) >= 11 is 13.0. The molecule has 0 saturated heterocycles. The number of aliphatic hydroxyl groups is 3. The highest BCUT2D eigenvalue weighted by Gasteiger charge is 2.29. The van der Waals surface area contributed by atoms with Crippen LogP contribution in [0, 0.1) is 0 Å². The van der Waals surface area contributed by atoms with Crippen molar-refractivity contribution in [1.29, 1.82) is 0 Å². The van der Waals surface area contributed by atoms with Crippen LogP contribution in [-0.4, -0.2) is 52.3 Å². The summed E-state index contributed by atoms with van der Waals surface area (Å²) in [5.74, 6) is -0.426. The van der Waals surface area contributed by atoms with Crippen LogP contribution in [0.5, 0.6) is 0 Å². The number of aliphatic hydroxyl groups excluding tert-OH is 3. The number of amides is 1. The Bertz CT molecular complexity index is 461. The maximum atomic E-state index is 11.8. The third-order valence-corrected chi connectivity index (χ3v) is 4.30. The number of carbonyl (C=O) groups is 1. The molecule has 0 saturated carbocycles. The fourth-order valence-corrected chi connectivity index (χ4v) is 2.62. The highest BCUT2D eigenvalue weighted by atomic mass is 35.5. The molecular weight excluding hydrogens is 325 g/mol. The molecule has 20 heavy (non-hydrogen) atoms. The van der Waals surface area contributed by atoms with E-state index in [0.29, 0.717) is 14.9 Å². The molecule has 0 aliphatic rings. The zero-order valence-electron chi connectivity index (χ0n) is 10.5. The SMILES string of the molecule is O=C(CSc1cc(Cl)ccc1Cl)NC(CO)(CO)CO. The van der Waals surface area contributed by atoms with Crippen LogP contribution in [0.15, 0.2) is 23.1 Å². The van der Waals surface area contributed by atoms with E-state index in [1.54, 1.807) is 18.2 Å². The average Bonchev–Trinajstić information content (AvgIpc) is 2.46. The van der Waals surface area contributed by atoms with Gasteiger partial charge in [0.1, 0.15) is 5.54 Å². The van der Waals surface area contributed by atoms with Gasteiger partial charge in [-0.05, 0) is 18.2 Å². The van der Waals surface area contributed by atoms with Crippen molar-refractivity contribution in [3.05, 3.63) is 28.2 Å². The van der Waals surface area contributed by atoms with E-state index in [1.165, 1.54) is 11.8 Å². The minimum Gasteiger partial charge on any atom is -0.394 e. The zero-order valence-corrected chi connectivity index (χ0v) is 12.8. The molecular formula is C12H15Cl2NO4S. The highest BCUT2D eigenvalue weighted by molar-refractivity contribution is 8.00. The first-order chi connectivity index (χ1) is 9.46. The number of halogens is 2. The summed E-state index contributed by atoms with van der Waals surface area (Å²) in [4.78, 5) is 12.4. The van der Waals surface area contributed by atoms with Crippen LogP contribution in [0.2, 0.25) is 10.0 Å². The number of rotatable bonds is 7. The Morgan fingerprint density at radius 1 is 1.20 bits per heavy atom. The molecule has 0 radical (unpaired) electrons. The van der Waals surface area contributed by atoms with E-state index < -0.39 is 31.3 Å². The Labute approximate surface area is 130 Å². The number of hydrogen-bond donors (Lipinski definition) is 4. The van der Waals surface area contributed by atoms with Gasteiger partial charge in [0.15, 0.2) is 0 Å². The molecule has 8 heteroatoms. The second kappa shape index (κ2) is 8.07. The van der Waals surface area contributed by atoms with E-state index in [0.717, 1.165) is 0 Å². The van der Waals surface area contributed by atoms with Gasteiger partial charge in [-0.2, -0.15) is 0 Å². The van der Waals surface area contributed by atoms with Gasteiger partial charge in [0.25, 0.3) is 0 Å². The first-order valence-corrected chi connectivity index (χ1v) is 7.42. The standard InChI is InChI=1S/C12H15Cl2NO4S/c13-8-1-2-9(14)10(3-8)20-4-11(19)15-12(5-16,6-17)7-18/h1-3,16-18H,4-7H2,(H,15,19). The normalized spacial score (nSPS) is 11.4. The van der Waals surface area contributed by atoms with Gasteiger partial charge in [-0.25, -0.2) is 0 Å². The third kappa shape index (κ3) is 4.80. The first-order valence-electron chi connectivity index (χ1n) is 5.68. The molecule has 0 spiro atoms. The molecule has 1 amide bonds. The smallest absolute Gasteiger partial charge is 0.231 e. The molecule has 0 bridgehead atoms. The van der Waals surface area contributed by atoms with Crippen LogP contribution in [0.25, 0.3) is 0 Å². The lowest BCUT2D eigenvalue weighted by Crippen LogP contribution is -2.57. The summed E-state index contributed by atoms with van der Waals surface area (Å²) in [5.41, 5.74) is -1.42. The van der Waals surface area contributed by atoms with E-state index in [-0.39, 0.29) is 5.75 Å². The van der Waals surface area contributed by atoms with Crippen molar-refractivity contribution in [2.75, 3.05) is 25.6 Å². The van der Waals surface area contributed by atoms with Gasteiger partial charge in [0.2, 0.25) is 5.91 Å². The van der Waals surface area contributed by atoms with E-state index >= 15 is 0 Å². The second-order valence-electron chi connectivity index (χ2n) is 4.17. The summed E-state index contributed by atoms with van der Waals surface area (Å²) in [6.45, 7) is -1.68. The fraction of sp³-hybridized carbons (Fsp3) is 0.417. The Morgan fingerprint density at radius 3 is 2.35 bits per heavy atom. The van der Waals surface area contributed by atoms with Crippen molar-refractivity contribution < 1.29 is 20.1 Å². The van der Waals surface area contributed by atoms with Crippen molar-refractivity contribution >= 4 is 40.9 Å². The van der Waals surface area contributed by atoms with E-state index in [1.807, 2.05) is 0 Å². The molecule has 1 aromatic rings. The largest absolute Gasteiger partial charge is 0.394 e. The topological polar surface area (TPSA) is 89.8 Å². The summed E-state index contributed by atoms with van der Waals surface area (Å²) < 4.78 is 0. The Kier molecular flexibility index (Phi) is 7.08. The van der Waals surface area contributed by atoms with Crippen molar-refractivity contribution in [1.82, 2.24) is 5.32 Å². The van der Waals surface area contributed by atoms with Crippen LogP contribution in [-0.2, 0) is 4.79 Å². The molecule has 112 valence electrons. The Hall–Kier alpha value is -0.500. The summed E-state index contributed by atoms with van der Waals surface area (Å²) in [6.07, 6.45) is 0. The summed E-state index contributed by atoms with van der Waals surface area (Å²) in [5, 5.41) is 30.7. The monoisotopic (exact) mass is 339 g/mol. The number of thioether (sulfide) groups is 1. The van der Waals surface area contributed by atoms with E-state index in [9.17, 15) is 4.79 Å². The maximum absolute atomic E-state index is 11.8. The van der Waals surface area contributed by atoms with E-state index in [2.05, 4.69) is 5.32 Å². The van der Waals surface area contributed by atoms with Crippen molar-refractivity contribution in [3.63, 3.8) is 0 Å². The summed E-state index contributed by atoms with van der Waals surface area (Å²) in [7, 11) is 0. The Balaban J connectivity index is 2.61. The lowest BCUT2D eigenvalue weighted by atomic mass is 10.0. The molecule has 0 heterocycles. The van der Waals surface area contributed by atoms with Crippen molar-refractivity contribution in [2.24, 2.45) is 0 Å². The van der Waals surface area contributed by atoms with Crippen LogP contribution < -0.4 is 5.32 Å². The third-order valence-electron chi connectivity index (χ3n) is 2.56. The van der Waals surface area contributed by atoms with E-state index in [4.69, 9.17) is 38.5 Å². The second-order valence-corrected chi connectivity index (χ2v) is 6.03. The zero-order chi connectivity index (χ0) is 15.2. The molecule has 0 aliphatic heterocycles. The van der Waals surface area contributed by atoms with Crippen LogP contribution >= 0.6 is 35.0 Å². The molecule has 5 nitrogen and oxygen atoms in total. The van der Waals surface area contributed by atoms with Crippen LogP contribution in [0.3, 0.4) is 0 Å². The molecule has 1 rings (SSSR count). The lowest BCUT2D eigenvalue weighted by molar-refractivity contribution is -0.122. The summed E-state index contributed by atoms with van der Waals surface area (Å²) in [6, 6.07) is 4.91. The molecule has 0 atom stereocenters. The van der Waals surface area contributed by atoms with Crippen molar-refractivity contribution in [2.45, 2.75) is 10.4 Å². The maximum Gasteiger partial charge on any atom is 0.231 e. The molecule has 0 fully saturated rings. The number of hydrogen-bond acceptors (Lipinski definition) is 5. The van der Waals surface area contributed by atoms with Gasteiger partial charge in [0.05, 0.1) is 30.6 Å². The quantitative estimate of drug-likeness (QED) is 0.554. The fourth-order valence-electron chi connectivity index (χ4n) is 1.33. The van der Waals surface area contributed by atoms with Crippen LogP contribution in [0.1, 0.15) is 0 Å². The van der Waals surface area contributed by atoms with Crippen molar-refractivity contribution in [3.8, 4) is 0 Å². The predicted molar refractivity (Wildman–Crippen MR) is 79.3 cm³/mol. The number of benzene rings is 1. The lowest BCUT2D eigenvalue weighted by Gasteiger charge is -2.28. The molecule has 0 aromatic heterocycles. The molecule has 4 N–H and O–H groups in total. The van der Waals surface area contributed by atoms with Gasteiger partial charge in [-0.3, -0.25) is 4.79 Å². The molecule has 0 aliphatic carbocycles. The van der Waals surface area contributed by atoms with Gasteiger partial charge in [0, 0.05) is 9.92 Å². The first kappa shape index (κ1) is 17.6. The van der Waals surface area contributed by atoms with Gasteiger partial charge in [-0.15, -0.1) is 11.8 Å². The molecule has 0 unspecified atom stereocenters. The average molecular weight is 340 g/mol. The Morgan fingerprint density at radius 2 is 1.80 bits per heavy atom. The minimum absolute atomic E-state index is 0.0157. The molecule has 1 aromatic carbocycles. The van der Waals surface area contributed by atoms with Crippen LogP contribution in [0.4, 0.5) is 0 Å². The number of carbonyl (C=O) groups excluding carboxylic acids is 1. The van der Waals surface area contributed by atoms with Gasteiger partial charge < -0.3 is 20.6 Å². The predicted octanol–water partition coefficient (Wildman–Crippen LogP) is 0.917. The number of nitrogens with one attached hydrogen (secondary N) is 1. The van der Waals surface area contributed by atoms with Gasteiger partial charge in [-0.1, -0.05) is 23.2 Å². The highest BCUT2D eigenvalue weighted by Crippen LogP contribution is 2.29.